The van der Waals surface area contributed by atoms with E-state index in [2.05, 4.69) is 24.5 Å². The van der Waals surface area contributed by atoms with Gasteiger partial charge in [0.05, 0.1) is 0 Å². The Balaban J connectivity index is 2.17. The minimum absolute atomic E-state index is 0.0160. The predicted octanol–water partition coefficient (Wildman–Crippen LogP) is 1.99. The third-order valence-electron chi connectivity index (χ3n) is 3.48. The molecular formula is C13H27N3O. The van der Waals surface area contributed by atoms with Crippen LogP contribution in [0.2, 0.25) is 0 Å². The fourth-order valence-electron chi connectivity index (χ4n) is 2.30. The Kier molecular flexibility index (Phi) is 5.75. The number of carbonyl (C=O) groups is 1. The lowest BCUT2D eigenvalue weighted by molar-refractivity contribution is 0.227. The molecule has 4 N–H and O–H groups in total. The number of hydrogen-bond acceptors (Lipinski definition) is 2. The van der Waals surface area contributed by atoms with Gasteiger partial charge in [-0.25, -0.2) is 4.79 Å². The SMILES string of the molecule is CC(C)(CCCN)CNC(=O)NC1CCCC1. The highest BCUT2D eigenvalue weighted by atomic mass is 16.2. The molecule has 0 aliphatic heterocycles. The highest BCUT2D eigenvalue weighted by molar-refractivity contribution is 5.74. The van der Waals surface area contributed by atoms with E-state index >= 15 is 0 Å². The number of hydrogen-bond donors (Lipinski definition) is 3. The minimum Gasteiger partial charge on any atom is -0.338 e. The summed E-state index contributed by atoms with van der Waals surface area (Å²) in [6.07, 6.45) is 6.81. The molecule has 4 heteroatoms. The van der Waals surface area contributed by atoms with Crippen LogP contribution < -0.4 is 16.4 Å². The summed E-state index contributed by atoms with van der Waals surface area (Å²) in [6, 6.07) is 0.375. The first-order valence-corrected chi connectivity index (χ1v) is 6.78. The maximum absolute atomic E-state index is 11.7. The van der Waals surface area contributed by atoms with Crippen LogP contribution in [0.4, 0.5) is 4.79 Å². The van der Waals surface area contributed by atoms with Crippen molar-refractivity contribution < 1.29 is 4.79 Å². The number of urea groups is 1. The summed E-state index contributed by atoms with van der Waals surface area (Å²) in [5.74, 6) is 0. The standard InChI is InChI=1S/C13H27N3O/c1-13(2,8-5-9-14)10-15-12(17)16-11-6-3-4-7-11/h11H,3-10,14H2,1-2H3,(H2,15,16,17). The van der Waals surface area contributed by atoms with Crippen LogP contribution in [0.15, 0.2) is 0 Å². The van der Waals surface area contributed by atoms with Gasteiger partial charge in [0, 0.05) is 12.6 Å². The van der Waals surface area contributed by atoms with Crippen LogP contribution in [0, 0.1) is 5.41 Å². The zero-order valence-electron chi connectivity index (χ0n) is 11.2. The first kappa shape index (κ1) is 14.3. The van der Waals surface area contributed by atoms with E-state index in [4.69, 9.17) is 5.73 Å². The van der Waals surface area contributed by atoms with Gasteiger partial charge in [-0.2, -0.15) is 0 Å². The zero-order valence-corrected chi connectivity index (χ0v) is 11.2. The average Bonchev–Trinajstić information content (AvgIpc) is 2.77. The van der Waals surface area contributed by atoms with Crippen molar-refractivity contribution in [1.82, 2.24) is 10.6 Å². The summed E-state index contributed by atoms with van der Waals surface area (Å²) in [4.78, 5) is 11.7. The number of nitrogens with two attached hydrogens (primary N) is 1. The Morgan fingerprint density at radius 3 is 2.59 bits per heavy atom. The summed E-state index contributed by atoms with van der Waals surface area (Å²) in [6.45, 7) is 5.76. The Morgan fingerprint density at radius 1 is 1.35 bits per heavy atom. The second-order valence-corrected chi connectivity index (χ2v) is 5.86. The molecule has 0 aromatic rings. The maximum Gasteiger partial charge on any atom is 0.315 e. The predicted molar refractivity (Wildman–Crippen MR) is 70.9 cm³/mol. The van der Waals surface area contributed by atoms with Crippen LogP contribution in [0.3, 0.4) is 0 Å². The smallest absolute Gasteiger partial charge is 0.315 e. The monoisotopic (exact) mass is 241 g/mol. The van der Waals surface area contributed by atoms with Gasteiger partial charge in [-0.05, 0) is 37.6 Å². The van der Waals surface area contributed by atoms with Gasteiger partial charge in [0.25, 0.3) is 0 Å². The zero-order chi connectivity index (χ0) is 12.7. The molecule has 2 amide bonds. The summed E-state index contributed by atoms with van der Waals surface area (Å²) < 4.78 is 0. The van der Waals surface area contributed by atoms with E-state index in [-0.39, 0.29) is 11.4 Å². The van der Waals surface area contributed by atoms with E-state index in [9.17, 15) is 4.79 Å². The average molecular weight is 241 g/mol. The topological polar surface area (TPSA) is 67.1 Å². The molecule has 1 aliphatic carbocycles. The van der Waals surface area contributed by atoms with Gasteiger partial charge in [0.1, 0.15) is 0 Å². The molecule has 1 fully saturated rings. The van der Waals surface area contributed by atoms with Gasteiger partial charge < -0.3 is 16.4 Å². The third kappa shape index (κ3) is 5.91. The van der Waals surface area contributed by atoms with E-state index in [0.29, 0.717) is 12.6 Å². The van der Waals surface area contributed by atoms with E-state index in [1.165, 1.54) is 12.8 Å². The molecule has 0 spiro atoms. The number of amides is 2. The van der Waals surface area contributed by atoms with Crippen molar-refractivity contribution in [3.8, 4) is 0 Å². The molecule has 0 aromatic carbocycles. The molecule has 1 aliphatic rings. The van der Waals surface area contributed by atoms with Crippen LogP contribution in [0.5, 0.6) is 0 Å². The largest absolute Gasteiger partial charge is 0.338 e. The fraction of sp³-hybridized carbons (Fsp3) is 0.923. The van der Waals surface area contributed by atoms with Crippen molar-refractivity contribution in [3.63, 3.8) is 0 Å². The van der Waals surface area contributed by atoms with Crippen LogP contribution in [-0.4, -0.2) is 25.2 Å². The van der Waals surface area contributed by atoms with Crippen LogP contribution in [0.25, 0.3) is 0 Å². The molecule has 0 heterocycles. The van der Waals surface area contributed by atoms with Crippen molar-refractivity contribution in [3.05, 3.63) is 0 Å². The fourth-order valence-corrected chi connectivity index (χ4v) is 2.30. The Morgan fingerprint density at radius 2 is 2.00 bits per heavy atom. The molecule has 4 nitrogen and oxygen atoms in total. The molecular weight excluding hydrogens is 214 g/mol. The van der Waals surface area contributed by atoms with Gasteiger partial charge in [-0.1, -0.05) is 26.7 Å². The van der Waals surface area contributed by atoms with E-state index in [1.807, 2.05) is 0 Å². The molecule has 0 atom stereocenters. The molecule has 17 heavy (non-hydrogen) atoms. The van der Waals surface area contributed by atoms with Crippen LogP contribution in [-0.2, 0) is 0 Å². The van der Waals surface area contributed by atoms with Gasteiger partial charge in [-0.3, -0.25) is 0 Å². The molecule has 0 saturated heterocycles. The highest BCUT2D eigenvalue weighted by Gasteiger charge is 2.20. The number of nitrogens with one attached hydrogen (secondary N) is 2. The van der Waals surface area contributed by atoms with E-state index in [0.717, 1.165) is 32.2 Å². The van der Waals surface area contributed by atoms with Crippen molar-refractivity contribution in [1.29, 1.82) is 0 Å². The van der Waals surface area contributed by atoms with Crippen molar-refractivity contribution in [2.75, 3.05) is 13.1 Å². The highest BCUT2D eigenvalue weighted by Crippen LogP contribution is 2.21. The molecule has 1 saturated carbocycles. The molecule has 0 unspecified atom stereocenters. The summed E-state index contributed by atoms with van der Waals surface area (Å²) in [5, 5.41) is 6.00. The second kappa shape index (κ2) is 6.84. The van der Waals surface area contributed by atoms with E-state index < -0.39 is 0 Å². The molecule has 1 rings (SSSR count). The lowest BCUT2D eigenvalue weighted by Crippen LogP contribution is -2.44. The minimum atomic E-state index is -0.0160. The summed E-state index contributed by atoms with van der Waals surface area (Å²) in [5.41, 5.74) is 5.63. The van der Waals surface area contributed by atoms with Crippen molar-refractivity contribution in [2.24, 2.45) is 11.1 Å². The van der Waals surface area contributed by atoms with Gasteiger partial charge in [0.2, 0.25) is 0 Å². The molecule has 0 radical (unpaired) electrons. The van der Waals surface area contributed by atoms with Crippen LogP contribution >= 0.6 is 0 Å². The summed E-state index contributed by atoms with van der Waals surface area (Å²) in [7, 11) is 0. The quantitative estimate of drug-likeness (QED) is 0.666. The number of carbonyl (C=O) groups excluding carboxylic acids is 1. The second-order valence-electron chi connectivity index (χ2n) is 5.86. The molecule has 0 aromatic heterocycles. The van der Waals surface area contributed by atoms with Gasteiger partial charge in [0.15, 0.2) is 0 Å². The van der Waals surface area contributed by atoms with Crippen LogP contribution in [0.1, 0.15) is 52.4 Å². The normalized spacial score (nSPS) is 17.1. The Bertz CT molecular complexity index is 235. The first-order valence-electron chi connectivity index (χ1n) is 6.78. The Labute approximate surface area is 105 Å². The Hall–Kier alpha value is -0.770. The number of rotatable bonds is 6. The van der Waals surface area contributed by atoms with E-state index in [1.54, 1.807) is 0 Å². The maximum atomic E-state index is 11.7. The molecule has 0 bridgehead atoms. The lowest BCUT2D eigenvalue weighted by atomic mass is 9.88. The summed E-state index contributed by atoms with van der Waals surface area (Å²) >= 11 is 0. The van der Waals surface area contributed by atoms with Crippen molar-refractivity contribution in [2.45, 2.75) is 58.4 Å². The molecule has 100 valence electrons. The lowest BCUT2D eigenvalue weighted by Gasteiger charge is -2.25. The first-order chi connectivity index (χ1) is 8.03. The van der Waals surface area contributed by atoms with Gasteiger partial charge >= 0.3 is 6.03 Å². The van der Waals surface area contributed by atoms with Crippen molar-refractivity contribution >= 4 is 6.03 Å². The van der Waals surface area contributed by atoms with Gasteiger partial charge in [-0.15, -0.1) is 0 Å². The third-order valence-corrected chi connectivity index (χ3v) is 3.48.